The molecule has 0 bridgehead atoms. The van der Waals surface area contributed by atoms with Gasteiger partial charge in [-0.05, 0) is 43.3 Å². The summed E-state index contributed by atoms with van der Waals surface area (Å²) in [5.74, 6) is -4.63. The Morgan fingerprint density at radius 2 is 1.61 bits per heavy atom. The van der Waals surface area contributed by atoms with E-state index in [1.165, 1.54) is 12.1 Å². The summed E-state index contributed by atoms with van der Waals surface area (Å²) in [6, 6.07) is 9.49. The Balaban J connectivity index is 1.96. The second-order valence-electron chi connectivity index (χ2n) is 7.32. The van der Waals surface area contributed by atoms with Crippen LogP contribution in [0, 0.1) is 12.7 Å². The van der Waals surface area contributed by atoms with Crippen LogP contribution in [0.5, 0.6) is 0 Å². The minimum atomic E-state index is -5.49. The lowest BCUT2D eigenvalue weighted by Gasteiger charge is -2.30. The van der Waals surface area contributed by atoms with Gasteiger partial charge < -0.3 is 10.6 Å². The number of halogens is 4. The van der Waals surface area contributed by atoms with Crippen LogP contribution in [0.25, 0.3) is 5.69 Å². The lowest BCUT2D eigenvalue weighted by Crippen LogP contribution is -2.62. The molecule has 4 rings (SSSR count). The van der Waals surface area contributed by atoms with Gasteiger partial charge in [0.15, 0.2) is 0 Å². The van der Waals surface area contributed by atoms with Gasteiger partial charge in [0, 0.05) is 5.56 Å². The van der Waals surface area contributed by atoms with E-state index in [1.807, 2.05) is 5.32 Å². The van der Waals surface area contributed by atoms with Crippen molar-refractivity contribution in [2.24, 2.45) is 0 Å². The standard InChI is InChI=1S/C21H14F4N4O4/c1-10-2-8-13(9-3-10)29-15-14(17(31)27-19(29)33)20(18(32)26-15,21(23,24)25)28-16(30)11-4-6-12(22)7-5-11/h2-9H,1H3,(H,26,32)(H,28,30)(H,27,31,33)/t20-/m1/s1. The number of benzene rings is 2. The Hall–Kier alpha value is -4.22. The number of hydrogen-bond donors (Lipinski definition) is 3. The van der Waals surface area contributed by atoms with Gasteiger partial charge in [0.05, 0.1) is 5.69 Å². The third kappa shape index (κ3) is 3.39. The normalized spacial score (nSPS) is 17.4. The van der Waals surface area contributed by atoms with Crippen molar-refractivity contribution >= 4 is 17.6 Å². The van der Waals surface area contributed by atoms with Crippen LogP contribution in [0.2, 0.25) is 0 Å². The van der Waals surface area contributed by atoms with Crippen LogP contribution in [0.15, 0.2) is 58.1 Å². The van der Waals surface area contributed by atoms with Crippen molar-refractivity contribution in [2.75, 3.05) is 5.32 Å². The maximum atomic E-state index is 14.4. The molecule has 12 heteroatoms. The van der Waals surface area contributed by atoms with Crippen molar-refractivity contribution in [3.8, 4) is 5.69 Å². The van der Waals surface area contributed by atoms with Crippen LogP contribution in [-0.4, -0.2) is 27.5 Å². The van der Waals surface area contributed by atoms with Crippen molar-refractivity contribution < 1.29 is 27.2 Å². The minimum absolute atomic E-state index is 0.0706. The van der Waals surface area contributed by atoms with Crippen LogP contribution < -0.4 is 21.9 Å². The summed E-state index contributed by atoms with van der Waals surface area (Å²) in [7, 11) is 0. The molecule has 170 valence electrons. The van der Waals surface area contributed by atoms with Gasteiger partial charge >= 0.3 is 11.9 Å². The number of aromatic amines is 1. The zero-order valence-corrected chi connectivity index (χ0v) is 16.7. The molecule has 0 spiro atoms. The smallest absolute Gasteiger partial charge is 0.326 e. The number of nitrogens with zero attached hydrogens (tertiary/aromatic N) is 1. The first kappa shape index (κ1) is 22.0. The van der Waals surface area contributed by atoms with Gasteiger partial charge in [0.2, 0.25) is 0 Å². The average Bonchev–Trinajstić information content (AvgIpc) is 3.03. The van der Waals surface area contributed by atoms with E-state index in [2.05, 4.69) is 0 Å². The molecular formula is C21H14F4N4O4. The van der Waals surface area contributed by atoms with Gasteiger partial charge in [-0.2, -0.15) is 13.2 Å². The van der Waals surface area contributed by atoms with E-state index in [1.54, 1.807) is 29.4 Å². The third-order valence-electron chi connectivity index (χ3n) is 5.18. The SMILES string of the molecule is Cc1ccc(-n2c3c(c(=O)[nH]c2=O)[C@](NC(=O)c2ccc(F)cc2)(C(F)(F)F)C(=O)N3)cc1. The van der Waals surface area contributed by atoms with Crippen LogP contribution in [-0.2, 0) is 10.3 Å². The molecule has 1 aliphatic rings. The molecule has 0 aliphatic carbocycles. The van der Waals surface area contributed by atoms with Gasteiger partial charge in [-0.1, -0.05) is 17.7 Å². The number of anilines is 1. The summed E-state index contributed by atoms with van der Waals surface area (Å²) in [4.78, 5) is 52.2. The lowest BCUT2D eigenvalue weighted by atomic mass is 9.91. The van der Waals surface area contributed by atoms with E-state index in [4.69, 9.17) is 0 Å². The molecule has 0 saturated carbocycles. The Morgan fingerprint density at radius 1 is 1.00 bits per heavy atom. The molecule has 0 saturated heterocycles. The molecule has 0 unspecified atom stereocenters. The number of carbonyl (C=O) groups is 2. The summed E-state index contributed by atoms with van der Waals surface area (Å²) in [6.07, 6.45) is -5.49. The highest BCUT2D eigenvalue weighted by Crippen LogP contribution is 2.45. The molecule has 1 aromatic heterocycles. The highest BCUT2D eigenvalue weighted by atomic mass is 19.4. The Morgan fingerprint density at radius 3 is 2.18 bits per heavy atom. The summed E-state index contributed by atoms with van der Waals surface area (Å²) in [5.41, 5.74) is -7.13. The highest BCUT2D eigenvalue weighted by Gasteiger charge is 2.68. The predicted octanol–water partition coefficient (Wildman–Crippen LogP) is 2.11. The number of fused-ring (bicyclic) bond motifs is 1. The molecule has 2 aromatic carbocycles. The van der Waals surface area contributed by atoms with Crippen molar-refractivity contribution in [3.05, 3.63) is 91.9 Å². The molecule has 1 atom stereocenters. The zero-order chi connectivity index (χ0) is 24.1. The van der Waals surface area contributed by atoms with Crippen LogP contribution in [0.4, 0.5) is 23.4 Å². The van der Waals surface area contributed by atoms with Gasteiger partial charge in [-0.15, -0.1) is 0 Å². The maximum Gasteiger partial charge on any atom is 0.425 e. The number of alkyl halides is 3. The van der Waals surface area contributed by atoms with E-state index in [-0.39, 0.29) is 11.3 Å². The second-order valence-corrected chi connectivity index (χ2v) is 7.32. The van der Waals surface area contributed by atoms with E-state index in [0.29, 0.717) is 4.57 Å². The number of carbonyl (C=O) groups excluding carboxylic acids is 2. The topological polar surface area (TPSA) is 113 Å². The second kappa shape index (κ2) is 7.43. The number of aryl methyl sites for hydroxylation is 1. The van der Waals surface area contributed by atoms with Gasteiger partial charge in [0.25, 0.3) is 22.9 Å². The van der Waals surface area contributed by atoms with E-state index in [9.17, 15) is 36.7 Å². The van der Waals surface area contributed by atoms with E-state index in [0.717, 1.165) is 29.8 Å². The largest absolute Gasteiger partial charge is 0.425 e. The molecule has 3 N–H and O–H groups in total. The summed E-state index contributed by atoms with van der Waals surface area (Å²) < 4.78 is 57.0. The zero-order valence-electron chi connectivity index (χ0n) is 16.7. The van der Waals surface area contributed by atoms with Crippen molar-refractivity contribution in [3.63, 3.8) is 0 Å². The first-order valence-corrected chi connectivity index (χ1v) is 9.39. The quantitative estimate of drug-likeness (QED) is 0.518. The number of rotatable bonds is 3. The number of hydrogen-bond acceptors (Lipinski definition) is 4. The van der Waals surface area contributed by atoms with Crippen molar-refractivity contribution in [2.45, 2.75) is 18.6 Å². The van der Waals surface area contributed by atoms with Crippen LogP contribution in [0.3, 0.4) is 0 Å². The van der Waals surface area contributed by atoms with Gasteiger partial charge in [0.1, 0.15) is 17.2 Å². The highest BCUT2D eigenvalue weighted by molar-refractivity contribution is 6.09. The van der Waals surface area contributed by atoms with E-state index >= 15 is 0 Å². The molecule has 2 amide bonds. The lowest BCUT2D eigenvalue weighted by molar-refractivity contribution is -0.196. The molecular weight excluding hydrogens is 448 g/mol. The number of H-pyrrole nitrogens is 1. The number of aromatic nitrogens is 2. The summed E-state index contributed by atoms with van der Waals surface area (Å²) >= 11 is 0. The fraction of sp³-hybridized carbons (Fsp3) is 0.143. The Bertz CT molecular complexity index is 1390. The van der Waals surface area contributed by atoms with E-state index < -0.39 is 52.0 Å². The molecule has 8 nitrogen and oxygen atoms in total. The van der Waals surface area contributed by atoms with Crippen molar-refractivity contribution in [1.82, 2.24) is 14.9 Å². The first-order valence-electron chi connectivity index (χ1n) is 9.39. The molecule has 0 fully saturated rings. The third-order valence-corrected chi connectivity index (χ3v) is 5.18. The average molecular weight is 462 g/mol. The van der Waals surface area contributed by atoms with Gasteiger partial charge in [-0.25, -0.2) is 13.8 Å². The molecule has 1 aliphatic heterocycles. The van der Waals surface area contributed by atoms with Crippen LogP contribution in [0.1, 0.15) is 21.5 Å². The first-order chi connectivity index (χ1) is 15.5. The molecule has 3 aromatic rings. The maximum absolute atomic E-state index is 14.4. The Labute approximate surface area is 181 Å². The minimum Gasteiger partial charge on any atom is -0.326 e. The fourth-order valence-corrected chi connectivity index (χ4v) is 3.56. The Kier molecular flexibility index (Phi) is 4.95. The van der Waals surface area contributed by atoms with Crippen LogP contribution >= 0.6 is 0 Å². The number of nitrogens with one attached hydrogen (secondary N) is 3. The predicted molar refractivity (Wildman–Crippen MR) is 108 cm³/mol. The fourth-order valence-electron chi connectivity index (χ4n) is 3.56. The monoisotopic (exact) mass is 462 g/mol. The summed E-state index contributed by atoms with van der Waals surface area (Å²) in [5, 5.41) is 3.52. The molecule has 0 radical (unpaired) electrons. The van der Waals surface area contributed by atoms with Gasteiger partial charge in [-0.3, -0.25) is 19.4 Å². The molecule has 2 heterocycles. The van der Waals surface area contributed by atoms with Crippen molar-refractivity contribution in [1.29, 1.82) is 0 Å². The molecule has 33 heavy (non-hydrogen) atoms. The summed E-state index contributed by atoms with van der Waals surface area (Å²) in [6.45, 7) is 1.74. The number of amides is 2.